The fourth-order valence-electron chi connectivity index (χ4n) is 3.52. The molecule has 1 N–H and O–H groups in total. The molecule has 1 fully saturated rings. The van der Waals surface area contributed by atoms with Crippen molar-refractivity contribution >= 4 is 15.7 Å². The Morgan fingerprint density at radius 3 is 2.48 bits per heavy atom. The molecule has 1 unspecified atom stereocenters. The summed E-state index contributed by atoms with van der Waals surface area (Å²) >= 11 is 0. The highest BCUT2D eigenvalue weighted by Crippen LogP contribution is 2.26. The Bertz CT molecular complexity index is 1050. The van der Waals surface area contributed by atoms with Gasteiger partial charge in [-0.1, -0.05) is 18.2 Å². The van der Waals surface area contributed by atoms with Crippen LogP contribution >= 0.6 is 0 Å². The van der Waals surface area contributed by atoms with Crippen molar-refractivity contribution in [3.05, 3.63) is 72.4 Å². The van der Waals surface area contributed by atoms with Crippen molar-refractivity contribution in [3.8, 4) is 0 Å². The van der Waals surface area contributed by atoms with E-state index in [1.807, 2.05) is 12.1 Å². The summed E-state index contributed by atoms with van der Waals surface area (Å²) in [6.45, 7) is 2.23. The summed E-state index contributed by atoms with van der Waals surface area (Å²) in [6.07, 6.45) is 3.85. The highest BCUT2D eigenvalue weighted by molar-refractivity contribution is 7.91. The van der Waals surface area contributed by atoms with E-state index >= 15 is 0 Å². The topological polar surface area (TPSA) is 92.8 Å². The second-order valence-electron chi connectivity index (χ2n) is 6.92. The van der Waals surface area contributed by atoms with E-state index in [0.717, 1.165) is 31.7 Å². The number of likely N-dealkylation sites (tertiary alicyclic amines) is 1. The van der Waals surface area contributed by atoms with Gasteiger partial charge in [-0.05, 0) is 62.3 Å². The predicted molar refractivity (Wildman–Crippen MR) is 105 cm³/mol. The first kappa shape index (κ1) is 19.5. The quantitative estimate of drug-likeness (QED) is 0.638. The van der Waals surface area contributed by atoms with E-state index in [0.29, 0.717) is 6.54 Å². The number of nitrogens with one attached hydrogen (secondary N) is 1. The molecular weight excluding hydrogens is 392 g/mol. The maximum absolute atomic E-state index is 12.6. The highest BCUT2D eigenvalue weighted by atomic mass is 32.2. The van der Waals surface area contributed by atoms with Crippen molar-refractivity contribution in [2.24, 2.45) is 0 Å². The minimum atomic E-state index is -3.80. The average molecular weight is 414 g/mol. The number of hydrogen-bond acceptors (Lipinski definition) is 6. The van der Waals surface area contributed by atoms with Gasteiger partial charge in [0.15, 0.2) is 5.76 Å². The number of nitrogens with zero attached hydrogens (tertiary/aromatic N) is 1. The molecule has 1 aliphatic rings. The van der Waals surface area contributed by atoms with Gasteiger partial charge in [0.25, 0.3) is 5.91 Å². The van der Waals surface area contributed by atoms with E-state index in [-0.39, 0.29) is 21.8 Å². The Balaban J connectivity index is 1.46. The molecule has 3 aromatic rings. The van der Waals surface area contributed by atoms with Crippen molar-refractivity contribution in [1.29, 1.82) is 0 Å². The van der Waals surface area contributed by atoms with Gasteiger partial charge in [0.1, 0.15) is 5.76 Å². The molecule has 29 heavy (non-hydrogen) atoms. The second kappa shape index (κ2) is 8.26. The Hall–Kier alpha value is -2.84. The molecule has 1 atom stereocenters. The summed E-state index contributed by atoms with van der Waals surface area (Å²) in [5, 5.41) is 2.59. The number of rotatable bonds is 7. The summed E-state index contributed by atoms with van der Waals surface area (Å²) in [4.78, 5) is 15.0. The number of carbonyl (C=O) groups is 1. The molecule has 1 aliphatic heterocycles. The first-order chi connectivity index (χ1) is 14.1. The fourth-order valence-corrected chi connectivity index (χ4v) is 4.72. The Morgan fingerprint density at radius 2 is 1.79 bits per heavy atom. The third-order valence-corrected chi connectivity index (χ3v) is 6.67. The SMILES string of the molecule is O=C(NCC(c1ccco1)N1CCCC1)c1ccc(S(=O)(=O)c2ccccc2)o1. The van der Waals surface area contributed by atoms with E-state index in [1.165, 1.54) is 24.3 Å². The first-order valence-corrected chi connectivity index (χ1v) is 11.0. The standard InChI is InChI=1S/C21H22N2O5S/c24-21(22-15-17(18-9-6-14-27-18)23-12-4-5-13-23)19-10-11-20(28-19)29(25,26)16-7-2-1-3-8-16/h1-3,6-11,14,17H,4-5,12-13,15H2,(H,22,24). The molecular formula is C21H22N2O5S. The highest BCUT2D eigenvalue weighted by Gasteiger charge is 2.27. The third kappa shape index (κ3) is 4.13. The van der Waals surface area contributed by atoms with Gasteiger partial charge in [-0.15, -0.1) is 0 Å². The lowest BCUT2D eigenvalue weighted by molar-refractivity contribution is 0.0901. The zero-order valence-electron chi connectivity index (χ0n) is 15.8. The van der Waals surface area contributed by atoms with E-state index in [2.05, 4.69) is 10.2 Å². The van der Waals surface area contributed by atoms with Crippen molar-refractivity contribution in [1.82, 2.24) is 10.2 Å². The fraction of sp³-hybridized carbons (Fsp3) is 0.286. The van der Waals surface area contributed by atoms with Gasteiger partial charge in [0, 0.05) is 6.54 Å². The summed E-state index contributed by atoms with van der Waals surface area (Å²) in [7, 11) is -3.80. The minimum Gasteiger partial charge on any atom is -0.468 e. The molecule has 1 amide bonds. The van der Waals surface area contributed by atoms with Crippen LogP contribution in [-0.4, -0.2) is 38.9 Å². The van der Waals surface area contributed by atoms with E-state index in [1.54, 1.807) is 24.5 Å². The van der Waals surface area contributed by atoms with Crippen LogP contribution < -0.4 is 5.32 Å². The minimum absolute atomic E-state index is 0.0425. The van der Waals surface area contributed by atoms with Gasteiger partial charge < -0.3 is 14.2 Å². The Labute approximate surface area is 169 Å². The molecule has 0 saturated carbocycles. The molecule has 152 valence electrons. The van der Waals surface area contributed by atoms with Crippen molar-refractivity contribution < 1.29 is 22.0 Å². The molecule has 0 aliphatic carbocycles. The number of amides is 1. The van der Waals surface area contributed by atoms with Gasteiger partial charge in [0.2, 0.25) is 14.9 Å². The van der Waals surface area contributed by atoms with Crippen LogP contribution in [0.4, 0.5) is 0 Å². The number of hydrogen-bond donors (Lipinski definition) is 1. The lowest BCUT2D eigenvalue weighted by Gasteiger charge is -2.25. The molecule has 1 aromatic carbocycles. The molecule has 1 saturated heterocycles. The Morgan fingerprint density at radius 1 is 1.03 bits per heavy atom. The maximum Gasteiger partial charge on any atom is 0.287 e. The van der Waals surface area contributed by atoms with Gasteiger partial charge >= 0.3 is 0 Å². The lowest BCUT2D eigenvalue weighted by atomic mass is 10.2. The van der Waals surface area contributed by atoms with E-state index in [9.17, 15) is 13.2 Å². The van der Waals surface area contributed by atoms with Gasteiger partial charge in [0.05, 0.1) is 17.2 Å². The van der Waals surface area contributed by atoms with Crippen LogP contribution in [0.25, 0.3) is 0 Å². The summed E-state index contributed by atoms with van der Waals surface area (Å²) in [6, 6.07) is 14.3. The third-order valence-electron chi connectivity index (χ3n) is 5.03. The largest absolute Gasteiger partial charge is 0.468 e. The van der Waals surface area contributed by atoms with Gasteiger partial charge in [-0.3, -0.25) is 9.69 Å². The van der Waals surface area contributed by atoms with Gasteiger partial charge in [-0.2, -0.15) is 0 Å². The van der Waals surface area contributed by atoms with Crippen LogP contribution in [-0.2, 0) is 9.84 Å². The van der Waals surface area contributed by atoms with Crippen molar-refractivity contribution in [2.45, 2.75) is 28.9 Å². The van der Waals surface area contributed by atoms with Crippen LogP contribution in [0.15, 0.2) is 79.7 Å². The van der Waals surface area contributed by atoms with Crippen LogP contribution in [0.5, 0.6) is 0 Å². The second-order valence-corrected chi connectivity index (χ2v) is 8.80. The molecule has 4 rings (SSSR count). The van der Waals surface area contributed by atoms with Gasteiger partial charge in [-0.25, -0.2) is 8.42 Å². The van der Waals surface area contributed by atoms with E-state index in [4.69, 9.17) is 8.83 Å². The molecule has 8 heteroatoms. The Kier molecular flexibility index (Phi) is 5.55. The molecule has 0 radical (unpaired) electrons. The van der Waals surface area contributed by atoms with Crippen LogP contribution in [0.1, 0.15) is 35.2 Å². The number of benzene rings is 1. The summed E-state index contributed by atoms with van der Waals surface area (Å²) in [5.41, 5.74) is 0. The first-order valence-electron chi connectivity index (χ1n) is 9.51. The summed E-state index contributed by atoms with van der Waals surface area (Å²) < 4.78 is 36.2. The van der Waals surface area contributed by atoms with E-state index < -0.39 is 15.7 Å². The van der Waals surface area contributed by atoms with Crippen molar-refractivity contribution in [2.75, 3.05) is 19.6 Å². The summed E-state index contributed by atoms with van der Waals surface area (Å²) in [5.74, 6) is 0.286. The monoisotopic (exact) mass is 414 g/mol. The molecule has 3 heterocycles. The maximum atomic E-state index is 12.6. The van der Waals surface area contributed by atoms with Crippen LogP contribution in [0.2, 0.25) is 0 Å². The smallest absolute Gasteiger partial charge is 0.287 e. The molecule has 0 bridgehead atoms. The van der Waals surface area contributed by atoms with Crippen LogP contribution in [0.3, 0.4) is 0 Å². The zero-order chi connectivity index (χ0) is 20.3. The van der Waals surface area contributed by atoms with Crippen LogP contribution in [0, 0.1) is 0 Å². The molecule has 2 aromatic heterocycles. The molecule has 7 nitrogen and oxygen atoms in total. The number of sulfone groups is 1. The average Bonchev–Trinajstić information content (AvgIpc) is 3.51. The lowest BCUT2D eigenvalue weighted by Crippen LogP contribution is -2.36. The number of furan rings is 2. The number of carbonyl (C=O) groups excluding carboxylic acids is 1. The zero-order valence-corrected chi connectivity index (χ0v) is 16.6. The predicted octanol–water partition coefficient (Wildman–Crippen LogP) is 3.27. The normalized spacial score (nSPS) is 16.0. The van der Waals surface area contributed by atoms with Crippen molar-refractivity contribution in [3.63, 3.8) is 0 Å². The molecule has 0 spiro atoms.